The van der Waals surface area contributed by atoms with E-state index >= 15 is 0 Å². The largest absolute Gasteiger partial charge is 0.217 e. The second kappa shape index (κ2) is 4.65. The van der Waals surface area contributed by atoms with E-state index in [-0.39, 0.29) is 5.82 Å². The molecule has 0 N–H and O–H groups in total. The highest BCUT2D eigenvalue weighted by Gasteiger charge is 2.08. The van der Waals surface area contributed by atoms with Gasteiger partial charge < -0.3 is 0 Å². The summed E-state index contributed by atoms with van der Waals surface area (Å²) in [5.41, 5.74) is 2.96. The Bertz CT molecular complexity index is 704. The molecule has 1 heterocycles. The van der Waals surface area contributed by atoms with Crippen LogP contribution in [0.5, 0.6) is 0 Å². The summed E-state index contributed by atoms with van der Waals surface area (Å²) in [6, 6.07) is 14.7. The maximum atomic E-state index is 13.9. The number of nitrogens with zero attached hydrogens (tertiary/aromatic N) is 3. The zero-order valence-corrected chi connectivity index (χ0v) is 10.4. The van der Waals surface area contributed by atoms with E-state index in [1.54, 1.807) is 12.3 Å². The lowest BCUT2D eigenvalue weighted by Crippen LogP contribution is -1.98. The first-order chi connectivity index (χ1) is 9.24. The molecule has 94 valence electrons. The molecule has 0 saturated heterocycles. The molecule has 0 aliphatic rings. The van der Waals surface area contributed by atoms with Gasteiger partial charge in [0.25, 0.3) is 0 Å². The summed E-state index contributed by atoms with van der Waals surface area (Å²) in [5, 5.41) is 8.05. The van der Waals surface area contributed by atoms with Crippen molar-refractivity contribution < 1.29 is 4.39 Å². The van der Waals surface area contributed by atoms with Crippen LogP contribution >= 0.6 is 0 Å². The number of hydrogen-bond acceptors (Lipinski definition) is 2. The van der Waals surface area contributed by atoms with E-state index in [1.807, 2.05) is 43.3 Å². The first-order valence-electron chi connectivity index (χ1n) is 5.98. The van der Waals surface area contributed by atoms with E-state index in [0.29, 0.717) is 5.69 Å². The molecule has 0 atom stereocenters. The minimum atomic E-state index is -0.301. The molecule has 0 aliphatic heterocycles. The van der Waals surface area contributed by atoms with Gasteiger partial charge in [-0.3, -0.25) is 0 Å². The molecular weight excluding hydrogens is 241 g/mol. The van der Waals surface area contributed by atoms with Gasteiger partial charge in [-0.1, -0.05) is 41.6 Å². The van der Waals surface area contributed by atoms with E-state index in [0.717, 1.165) is 16.8 Å². The van der Waals surface area contributed by atoms with Crippen molar-refractivity contribution in [3.05, 3.63) is 66.1 Å². The molecule has 0 spiro atoms. The summed E-state index contributed by atoms with van der Waals surface area (Å²) in [4.78, 5) is 0. The number of aryl methyl sites for hydroxylation is 1. The second-order valence-corrected chi connectivity index (χ2v) is 4.37. The fourth-order valence-electron chi connectivity index (χ4n) is 1.92. The fourth-order valence-corrected chi connectivity index (χ4v) is 1.92. The number of hydrogen-bond donors (Lipinski definition) is 0. The molecule has 0 fully saturated rings. The van der Waals surface area contributed by atoms with Crippen LogP contribution in [0.25, 0.3) is 16.9 Å². The average Bonchev–Trinajstić information content (AvgIpc) is 2.89. The maximum absolute atomic E-state index is 13.9. The third-order valence-corrected chi connectivity index (χ3v) is 2.91. The molecule has 0 radical (unpaired) electrons. The molecule has 3 aromatic rings. The molecule has 0 bridgehead atoms. The molecule has 0 aliphatic carbocycles. The Hall–Kier alpha value is -2.49. The van der Waals surface area contributed by atoms with Crippen LogP contribution in [-0.4, -0.2) is 15.0 Å². The quantitative estimate of drug-likeness (QED) is 0.701. The van der Waals surface area contributed by atoms with Crippen molar-refractivity contribution in [1.82, 2.24) is 15.0 Å². The van der Waals surface area contributed by atoms with Crippen LogP contribution in [0, 0.1) is 12.7 Å². The summed E-state index contributed by atoms with van der Waals surface area (Å²) in [7, 11) is 0. The van der Waals surface area contributed by atoms with Crippen LogP contribution in [0.2, 0.25) is 0 Å². The van der Waals surface area contributed by atoms with Crippen molar-refractivity contribution in [1.29, 1.82) is 0 Å². The molecular formula is C15H12FN3. The van der Waals surface area contributed by atoms with Gasteiger partial charge in [0.15, 0.2) is 0 Å². The first kappa shape index (κ1) is 11.6. The predicted octanol–water partition coefficient (Wildman–Crippen LogP) is 3.38. The van der Waals surface area contributed by atoms with Gasteiger partial charge >= 0.3 is 0 Å². The second-order valence-electron chi connectivity index (χ2n) is 4.37. The van der Waals surface area contributed by atoms with Crippen molar-refractivity contribution in [3.8, 4) is 16.9 Å². The van der Waals surface area contributed by atoms with Gasteiger partial charge in [-0.25, -0.2) is 9.07 Å². The maximum Gasteiger partial charge on any atom is 0.149 e. The molecule has 19 heavy (non-hydrogen) atoms. The molecule has 3 nitrogen and oxygen atoms in total. The summed E-state index contributed by atoms with van der Waals surface area (Å²) in [6.07, 6.45) is 1.73. The van der Waals surface area contributed by atoms with E-state index in [1.165, 1.54) is 10.7 Å². The fraction of sp³-hybridized carbons (Fsp3) is 0.0667. The molecule has 0 amide bonds. The zero-order chi connectivity index (χ0) is 13.2. The highest BCUT2D eigenvalue weighted by Crippen LogP contribution is 2.19. The van der Waals surface area contributed by atoms with Crippen LogP contribution in [0.15, 0.2) is 54.7 Å². The summed E-state index contributed by atoms with van der Waals surface area (Å²) in [5.74, 6) is -0.301. The Kier molecular flexibility index (Phi) is 2.83. The SMILES string of the molecule is Cc1ccc(-n2cc(-c3ccccc3)nn2)c(F)c1. The monoisotopic (exact) mass is 253 g/mol. The van der Waals surface area contributed by atoms with Gasteiger partial charge in [-0.15, -0.1) is 5.10 Å². The standard InChI is InChI=1S/C15H12FN3/c1-11-7-8-15(13(16)9-11)19-10-14(17-18-19)12-5-3-2-4-6-12/h2-10H,1H3. The van der Waals surface area contributed by atoms with Gasteiger partial charge in [-0.05, 0) is 24.6 Å². The van der Waals surface area contributed by atoms with Gasteiger partial charge in [0, 0.05) is 5.56 Å². The van der Waals surface area contributed by atoms with E-state index < -0.39 is 0 Å². The van der Waals surface area contributed by atoms with Gasteiger partial charge in [0.1, 0.15) is 17.2 Å². The number of rotatable bonds is 2. The Morgan fingerprint density at radius 2 is 1.84 bits per heavy atom. The summed E-state index contributed by atoms with van der Waals surface area (Å²) in [6.45, 7) is 1.85. The van der Waals surface area contributed by atoms with E-state index in [4.69, 9.17) is 0 Å². The molecule has 0 saturated carbocycles. The van der Waals surface area contributed by atoms with Gasteiger partial charge in [-0.2, -0.15) is 0 Å². The van der Waals surface area contributed by atoms with Crippen LogP contribution < -0.4 is 0 Å². The molecule has 3 rings (SSSR count). The third-order valence-electron chi connectivity index (χ3n) is 2.91. The van der Waals surface area contributed by atoms with Gasteiger partial charge in [0.05, 0.1) is 6.20 Å². The Morgan fingerprint density at radius 3 is 2.58 bits per heavy atom. The Morgan fingerprint density at radius 1 is 1.05 bits per heavy atom. The first-order valence-corrected chi connectivity index (χ1v) is 5.98. The summed E-state index contributed by atoms with van der Waals surface area (Å²) < 4.78 is 15.3. The minimum absolute atomic E-state index is 0.301. The van der Waals surface area contributed by atoms with Crippen molar-refractivity contribution >= 4 is 0 Å². The van der Waals surface area contributed by atoms with E-state index in [2.05, 4.69) is 10.3 Å². The Labute approximate surface area is 110 Å². The zero-order valence-electron chi connectivity index (χ0n) is 10.4. The van der Waals surface area contributed by atoms with Crippen molar-refractivity contribution in [2.24, 2.45) is 0 Å². The van der Waals surface area contributed by atoms with Gasteiger partial charge in [0.2, 0.25) is 0 Å². The van der Waals surface area contributed by atoms with Crippen molar-refractivity contribution in [2.45, 2.75) is 6.92 Å². The molecule has 2 aromatic carbocycles. The van der Waals surface area contributed by atoms with Crippen LogP contribution in [0.4, 0.5) is 4.39 Å². The molecule has 0 unspecified atom stereocenters. The lowest BCUT2D eigenvalue weighted by molar-refractivity contribution is 0.606. The highest BCUT2D eigenvalue weighted by molar-refractivity contribution is 5.57. The number of aromatic nitrogens is 3. The topological polar surface area (TPSA) is 30.7 Å². The predicted molar refractivity (Wildman–Crippen MR) is 71.5 cm³/mol. The molecule has 1 aromatic heterocycles. The number of halogens is 1. The van der Waals surface area contributed by atoms with Crippen molar-refractivity contribution in [2.75, 3.05) is 0 Å². The average molecular weight is 253 g/mol. The lowest BCUT2D eigenvalue weighted by atomic mass is 10.2. The smallest absolute Gasteiger partial charge is 0.149 e. The van der Waals surface area contributed by atoms with Crippen LogP contribution in [0.3, 0.4) is 0 Å². The molecule has 4 heteroatoms. The van der Waals surface area contributed by atoms with E-state index in [9.17, 15) is 4.39 Å². The normalized spacial score (nSPS) is 10.6. The van der Waals surface area contributed by atoms with Crippen LogP contribution in [-0.2, 0) is 0 Å². The highest BCUT2D eigenvalue weighted by atomic mass is 19.1. The lowest BCUT2D eigenvalue weighted by Gasteiger charge is -2.02. The number of benzene rings is 2. The Balaban J connectivity index is 2.02. The van der Waals surface area contributed by atoms with Crippen molar-refractivity contribution in [3.63, 3.8) is 0 Å². The van der Waals surface area contributed by atoms with Crippen LogP contribution in [0.1, 0.15) is 5.56 Å². The minimum Gasteiger partial charge on any atom is -0.217 e. The third kappa shape index (κ3) is 2.25. The summed E-state index contributed by atoms with van der Waals surface area (Å²) >= 11 is 0.